The van der Waals surface area contributed by atoms with Gasteiger partial charge in [0.15, 0.2) is 5.16 Å². The summed E-state index contributed by atoms with van der Waals surface area (Å²) >= 11 is 1.55. The molecule has 1 aromatic heterocycles. The van der Waals surface area contributed by atoms with Gasteiger partial charge in [0.25, 0.3) is 0 Å². The van der Waals surface area contributed by atoms with Gasteiger partial charge in [0.1, 0.15) is 5.82 Å². The van der Waals surface area contributed by atoms with Crippen LogP contribution in [0.1, 0.15) is 19.5 Å². The molecule has 0 unspecified atom stereocenters. The molecular formula is C11H17N3S. The first-order chi connectivity index (χ1) is 7.24. The highest BCUT2D eigenvalue weighted by molar-refractivity contribution is 7.98. The Bertz CT molecular complexity index is 335. The summed E-state index contributed by atoms with van der Waals surface area (Å²) in [5.74, 6) is 0.981. The van der Waals surface area contributed by atoms with Gasteiger partial charge in [-0.2, -0.15) is 0 Å². The first-order valence-electron chi connectivity index (χ1n) is 5.05. The maximum absolute atomic E-state index is 4.47. The van der Waals surface area contributed by atoms with Crippen LogP contribution >= 0.6 is 11.8 Å². The molecule has 0 aromatic carbocycles. The normalized spacial score (nSPS) is 10.1. The van der Waals surface area contributed by atoms with Crippen molar-refractivity contribution in [3.63, 3.8) is 0 Å². The van der Waals surface area contributed by atoms with Crippen molar-refractivity contribution < 1.29 is 0 Å². The molecule has 0 spiro atoms. The van der Waals surface area contributed by atoms with Crippen molar-refractivity contribution in [2.24, 2.45) is 0 Å². The molecule has 0 aliphatic rings. The van der Waals surface area contributed by atoms with Crippen LogP contribution in [0.5, 0.6) is 0 Å². The van der Waals surface area contributed by atoms with Gasteiger partial charge in [-0.1, -0.05) is 18.3 Å². The number of hydrogen-bond acceptors (Lipinski definition) is 4. The topological polar surface area (TPSA) is 29.0 Å². The van der Waals surface area contributed by atoms with E-state index in [1.807, 2.05) is 12.3 Å². The molecule has 0 radical (unpaired) electrons. The van der Waals surface area contributed by atoms with Crippen LogP contribution < -0.4 is 4.90 Å². The van der Waals surface area contributed by atoms with Crippen molar-refractivity contribution in [3.05, 3.63) is 18.3 Å². The minimum absolute atomic E-state index is 0.800. The molecule has 4 heteroatoms. The average molecular weight is 223 g/mol. The molecule has 0 atom stereocenters. The lowest BCUT2D eigenvalue weighted by molar-refractivity contribution is 0.817. The number of aromatic nitrogens is 2. The minimum atomic E-state index is 0.800. The van der Waals surface area contributed by atoms with E-state index in [0.29, 0.717) is 0 Å². The molecule has 0 aliphatic carbocycles. The summed E-state index contributed by atoms with van der Waals surface area (Å²) in [5, 5.41) is 0.800. The highest BCUT2D eigenvalue weighted by atomic mass is 32.2. The summed E-state index contributed by atoms with van der Waals surface area (Å²) in [6.07, 6.45) is 3.74. The van der Waals surface area contributed by atoms with Crippen LogP contribution in [0.15, 0.2) is 17.8 Å². The zero-order valence-corrected chi connectivity index (χ0v) is 10.3. The smallest absolute Gasteiger partial charge is 0.189 e. The van der Waals surface area contributed by atoms with Gasteiger partial charge in [-0.05, 0) is 26.2 Å². The molecule has 1 aromatic rings. The van der Waals surface area contributed by atoms with Crippen LogP contribution in [0.2, 0.25) is 0 Å². The van der Waals surface area contributed by atoms with Gasteiger partial charge in [-0.3, -0.25) is 0 Å². The third-order valence-corrected chi connectivity index (χ3v) is 2.74. The molecule has 0 aliphatic heterocycles. The lowest BCUT2D eigenvalue weighted by atomic mass is 10.3. The van der Waals surface area contributed by atoms with E-state index in [1.165, 1.54) is 0 Å². The van der Waals surface area contributed by atoms with Gasteiger partial charge in [-0.15, -0.1) is 0 Å². The fourth-order valence-electron chi connectivity index (χ4n) is 1.34. The molecule has 1 rings (SSSR count). The first kappa shape index (κ1) is 12.0. The van der Waals surface area contributed by atoms with Gasteiger partial charge < -0.3 is 4.90 Å². The van der Waals surface area contributed by atoms with E-state index >= 15 is 0 Å². The standard InChI is InChI=1S/C11H17N3S/c1-5-9-8-10(14(6-2)7-3)13-11(12-9)15-4/h5,8H,1,6-7H2,2-4H3. The van der Waals surface area contributed by atoms with Crippen LogP contribution in [0, 0.1) is 0 Å². The number of hydrogen-bond donors (Lipinski definition) is 0. The largest absolute Gasteiger partial charge is 0.357 e. The average Bonchev–Trinajstić information content (AvgIpc) is 2.30. The predicted octanol–water partition coefficient (Wildman–Crippen LogP) is 2.69. The molecule has 0 N–H and O–H groups in total. The molecule has 82 valence electrons. The monoisotopic (exact) mass is 223 g/mol. The summed E-state index contributed by atoms with van der Waals surface area (Å²) in [5.41, 5.74) is 0.885. The van der Waals surface area contributed by atoms with E-state index < -0.39 is 0 Å². The predicted molar refractivity (Wildman–Crippen MR) is 67.5 cm³/mol. The summed E-state index contributed by atoms with van der Waals surface area (Å²) in [4.78, 5) is 11.0. The lowest BCUT2D eigenvalue weighted by Gasteiger charge is -2.20. The number of thioether (sulfide) groups is 1. The first-order valence-corrected chi connectivity index (χ1v) is 6.28. The summed E-state index contributed by atoms with van der Waals surface area (Å²) in [6.45, 7) is 9.90. The fraction of sp³-hybridized carbons (Fsp3) is 0.455. The van der Waals surface area contributed by atoms with E-state index in [9.17, 15) is 0 Å². The molecule has 0 bridgehead atoms. The second kappa shape index (κ2) is 5.75. The number of rotatable bonds is 5. The zero-order valence-electron chi connectivity index (χ0n) is 9.53. The summed E-state index contributed by atoms with van der Waals surface area (Å²) in [7, 11) is 0. The molecule has 0 amide bonds. The zero-order chi connectivity index (χ0) is 11.3. The van der Waals surface area contributed by atoms with Crippen molar-refractivity contribution in [2.75, 3.05) is 24.2 Å². The Kier molecular flexibility index (Phi) is 4.62. The van der Waals surface area contributed by atoms with Gasteiger partial charge in [0, 0.05) is 19.2 Å². The van der Waals surface area contributed by atoms with E-state index in [-0.39, 0.29) is 0 Å². The fourth-order valence-corrected chi connectivity index (χ4v) is 1.72. The van der Waals surface area contributed by atoms with Gasteiger partial charge >= 0.3 is 0 Å². The van der Waals surface area contributed by atoms with Crippen molar-refractivity contribution >= 4 is 23.7 Å². The van der Waals surface area contributed by atoms with Gasteiger partial charge in [0.05, 0.1) is 5.69 Å². The molecule has 3 nitrogen and oxygen atoms in total. The molecular weight excluding hydrogens is 206 g/mol. The quantitative estimate of drug-likeness (QED) is 0.567. The Morgan fingerprint density at radius 3 is 2.53 bits per heavy atom. The summed E-state index contributed by atoms with van der Waals surface area (Å²) < 4.78 is 0. The van der Waals surface area contributed by atoms with Crippen LogP contribution in [-0.2, 0) is 0 Å². The van der Waals surface area contributed by atoms with Crippen LogP contribution in [0.4, 0.5) is 5.82 Å². The Morgan fingerprint density at radius 1 is 1.40 bits per heavy atom. The number of nitrogens with zero attached hydrogens (tertiary/aromatic N) is 3. The molecule has 0 saturated heterocycles. The highest BCUT2D eigenvalue weighted by Crippen LogP contribution is 2.17. The van der Waals surface area contributed by atoms with Crippen LogP contribution in [-0.4, -0.2) is 29.3 Å². The molecule has 0 fully saturated rings. The SMILES string of the molecule is C=Cc1cc(N(CC)CC)nc(SC)n1. The third kappa shape index (κ3) is 2.96. The van der Waals surface area contributed by atoms with Crippen LogP contribution in [0.25, 0.3) is 6.08 Å². The minimum Gasteiger partial charge on any atom is -0.357 e. The molecule has 0 saturated carbocycles. The maximum atomic E-state index is 4.47. The van der Waals surface area contributed by atoms with E-state index in [0.717, 1.165) is 29.8 Å². The van der Waals surface area contributed by atoms with Crippen LogP contribution in [0.3, 0.4) is 0 Å². The van der Waals surface area contributed by atoms with E-state index in [2.05, 4.69) is 35.3 Å². The molecule has 1 heterocycles. The van der Waals surface area contributed by atoms with E-state index in [4.69, 9.17) is 0 Å². The maximum Gasteiger partial charge on any atom is 0.189 e. The van der Waals surface area contributed by atoms with E-state index in [1.54, 1.807) is 17.8 Å². The van der Waals surface area contributed by atoms with Gasteiger partial charge in [-0.25, -0.2) is 9.97 Å². The molecule has 15 heavy (non-hydrogen) atoms. The van der Waals surface area contributed by atoms with Crippen molar-refractivity contribution in [3.8, 4) is 0 Å². The third-order valence-electron chi connectivity index (χ3n) is 2.19. The Hall–Kier alpha value is -1.03. The Morgan fingerprint density at radius 2 is 2.07 bits per heavy atom. The second-order valence-corrected chi connectivity index (χ2v) is 3.79. The van der Waals surface area contributed by atoms with Gasteiger partial charge in [0.2, 0.25) is 0 Å². The Balaban J connectivity index is 3.10. The highest BCUT2D eigenvalue weighted by Gasteiger charge is 2.06. The van der Waals surface area contributed by atoms with Crippen molar-refractivity contribution in [1.29, 1.82) is 0 Å². The lowest BCUT2D eigenvalue weighted by Crippen LogP contribution is -2.23. The van der Waals surface area contributed by atoms with Crippen molar-refractivity contribution in [2.45, 2.75) is 19.0 Å². The Labute approximate surface area is 95.6 Å². The number of anilines is 1. The summed E-state index contributed by atoms with van der Waals surface area (Å²) in [6, 6.07) is 1.97. The second-order valence-electron chi connectivity index (χ2n) is 3.01. The van der Waals surface area contributed by atoms with Crippen molar-refractivity contribution in [1.82, 2.24) is 9.97 Å².